The van der Waals surface area contributed by atoms with E-state index in [9.17, 15) is 14.4 Å². The number of carbonyl (C=O) groups excluding carboxylic acids is 1. The average molecular weight is 415 g/mol. The van der Waals surface area contributed by atoms with Gasteiger partial charge in [0.1, 0.15) is 11.4 Å². The minimum absolute atomic E-state index is 0.0319. The zero-order chi connectivity index (χ0) is 21.8. The fourth-order valence-electron chi connectivity index (χ4n) is 3.70. The number of rotatable bonds is 7. The quantitative estimate of drug-likeness (QED) is 0.644. The first-order valence-electron chi connectivity index (χ1n) is 10.2. The number of anilines is 1. The number of nitrogens with two attached hydrogens (primary N) is 1. The number of nitrogen functional groups attached to an aromatic ring is 1. The van der Waals surface area contributed by atoms with Crippen LogP contribution in [0.3, 0.4) is 0 Å². The van der Waals surface area contributed by atoms with Gasteiger partial charge in [-0.25, -0.2) is 4.79 Å². The van der Waals surface area contributed by atoms with Crippen LogP contribution in [-0.4, -0.2) is 62.4 Å². The molecule has 0 aliphatic carbocycles. The van der Waals surface area contributed by atoms with Gasteiger partial charge in [-0.05, 0) is 18.1 Å². The molecule has 1 aliphatic heterocycles. The van der Waals surface area contributed by atoms with Crippen LogP contribution in [0.2, 0.25) is 0 Å². The molecule has 1 fully saturated rings. The summed E-state index contributed by atoms with van der Waals surface area (Å²) in [6, 6.07) is 5.87. The van der Waals surface area contributed by atoms with Crippen molar-refractivity contribution in [3.05, 3.63) is 56.5 Å². The molecule has 0 spiro atoms. The number of aromatic nitrogens is 3. The van der Waals surface area contributed by atoms with Gasteiger partial charge in [-0.1, -0.05) is 19.9 Å². The maximum Gasteiger partial charge on any atom is 0.332 e. The Labute approximate surface area is 175 Å². The van der Waals surface area contributed by atoms with Crippen LogP contribution >= 0.6 is 0 Å². The summed E-state index contributed by atoms with van der Waals surface area (Å²) in [6.07, 6.45) is 1.79. The van der Waals surface area contributed by atoms with E-state index in [1.165, 1.54) is 11.6 Å². The van der Waals surface area contributed by atoms with Gasteiger partial charge in [-0.2, -0.15) is 0 Å². The number of piperazine rings is 1. The zero-order valence-corrected chi connectivity index (χ0v) is 17.9. The monoisotopic (exact) mass is 414 g/mol. The Morgan fingerprint density at radius 2 is 1.80 bits per heavy atom. The summed E-state index contributed by atoms with van der Waals surface area (Å²) in [4.78, 5) is 46.6. The van der Waals surface area contributed by atoms with Gasteiger partial charge in [0, 0.05) is 52.5 Å². The summed E-state index contributed by atoms with van der Waals surface area (Å²) < 4.78 is 2.29. The lowest BCUT2D eigenvalue weighted by Crippen LogP contribution is -2.49. The summed E-state index contributed by atoms with van der Waals surface area (Å²) >= 11 is 0. The Morgan fingerprint density at radius 1 is 1.13 bits per heavy atom. The molecule has 0 radical (unpaired) electrons. The molecule has 0 saturated carbocycles. The van der Waals surface area contributed by atoms with E-state index in [0.29, 0.717) is 19.6 Å². The van der Waals surface area contributed by atoms with Gasteiger partial charge in [0.15, 0.2) is 5.78 Å². The highest BCUT2D eigenvalue weighted by molar-refractivity contribution is 6.01. The van der Waals surface area contributed by atoms with E-state index >= 15 is 0 Å². The van der Waals surface area contributed by atoms with Crippen LogP contribution in [0.25, 0.3) is 0 Å². The predicted octanol–water partition coefficient (Wildman–Crippen LogP) is 0.181. The molecule has 1 saturated heterocycles. The van der Waals surface area contributed by atoms with Crippen molar-refractivity contribution in [3.63, 3.8) is 0 Å². The Bertz CT molecular complexity index is 1000. The number of hydrogen-bond acceptors (Lipinski definition) is 7. The van der Waals surface area contributed by atoms with Crippen LogP contribution in [-0.2, 0) is 20.1 Å². The second-order valence-corrected chi connectivity index (χ2v) is 8.21. The molecule has 0 atom stereocenters. The Balaban J connectivity index is 1.69. The summed E-state index contributed by atoms with van der Waals surface area (Å²) in [6.45, 7) is 8.17. The number of Topliss-reactive ketones (excluding diaryl/α,β-unsaturated/α-hetero) is 1. The van der Waals surface area contributed by atoms with Crippen molar-refractivity contribution in [1.82, 2.24) is 23.9 Å². The highest BCUT2D eigenvalue weighted by Crippen LogP contribution is 2.11. The number of carbonyl (C=O) groups is 1. The fourth-order valence-corrected chi connectivity index (χ4v) is 3.70. The van der Waals surface area contributed by atoms with E-state index in [0.717, 1.165) is 29.9 Å². The van der Waals surface area contributed by atoms with Crippen molar-refractivity contribution in [2.45, 2.75) is 26.9 Å². The highest BCUT2D eigenvalue weighted by atomic mass is 16.2. The summed E-state index contributed by atoms with van der Waals surface area (Å²) in [7, 11) is 1.38. The Hall–Kier alpha value is -2.78. The first kappa shape index (κ1) is 21.9. The molecule has 1 aliphatic rings. The highest BCUT2D eigenvalue weighted by Gasteiger charge is 2.25. The first-order chi connectivity index (χ1) is 14.3. The zero-order valence-electron chi connectivity index (χ0n) is 17.9. The van der Waals surface area contributed by atoms with Gasteiger partial charge in [-0.3, -0.25) is 33.5 Å². The van der Waals surface area contributed by atoms with Crippen LogP contribution in [0.1, 0.15) is 29.9 Å². The number of nitrogens with zero attached hydrogens (tertiary/aromatic N) is 5. The van der Waals surface area contributed by atoms with E-state index in [1.807, 2.05) is 36.9 Å². The lowest BCUT2D eigenvalue weighted by molar-refractivity contribution is 0.0840. The maximum atomic E-state index is 13.0. The average Bonchev–Trinajstić information content (AvgIpc) is 2.72. The van der Waals surface area contributed by atoms with Gasteiger partial charge < -0.3 is 5.73 Å². The molecule has 2 N–H and O–H groups in total. The van der Waals surface area contributed by atoms with Crippen molar-refractivity contribution >= 4 is 11.6 Å². The molecule has 0 amide bonds. The largest absolute Gasteiger partial charge is 0.384 e. The summed E-state index contributed by atoms with van der Waals surface area (Å²) in [5.41, 5.74) is 5.92. The van der Waals surface area contributed by atoms with Gasteiger partial charge >= 0.3 is 5.69 Å². The predicted molar refractivity (Wildman–Crippen MR) is 115 cm³/mol. The van der Waals surface area contributed by atoms with E-state index in [4.69, 9.17) is 5.73 Å². The molecule has 9 nitrogen and oxygen atoms in total. The van der Waals surface area contributed by atoms with E-state index in [-0.39, 0.29) is 29.6 Å². The van der Waals surface area contributed by atoms with Crippen LogP contribution in [0.5, 0.6) is 0 Å². The SMILES string of the molecule is CC(C)Cn1c(N)c(C(=O)CN2CCN(Cc3ccccn3)CC2)c(=O)n(C)c1=O. The third-order valence-corrected chi connectivity index (χ3v) is 5.35. The van der Waals surface area contributed by atoms with Crippen LogP contribution < -0.4 is 17.0 Å². The second kappa shape index (κ2) is 9.36. The molecule has 0 bridgehead atoms. The molecule has 3 heterocycles. The second-order valence-electron chi connectivity index (χ2n) is 8.21. The molecule has 0 unspecified atom stereocenters. The van der Waals surface area contributed by atoms with E-state index in [1.54, 1.807) is 6.20 Å². The molecule has 0 aromatic carbocycles. The number of ketones is 1. The van der Waals surface area contributed by atoms with Crippen LogP contribution in [0.4, 0.5) is 5.82 Å². The summed E-state index contributed by atoms with van der Waals surface area (Å²) in [5.74, 6) is -0.225. The van der Waals surface area contributed by atoms with Gasteiger partial charge in [-0.15, -0.1) is 0 Å². The Morgan fingerprint density at radius 3 is 2.40 bits per heavy atom. The van der Waals surface area contributed by atoms with Crippen molar-refractivity contribution in [2.24, 2.45) is 13.0 Å². The molecule has 2 aromatic rings. The van der Waals surface area contributed by atoms with Gasteiger partial charge in [0.25, 0.3) is 5.56 Å². The minimum Gasteiger partial charge on any atom is -0.384 e. The third kappa shape index (κ3) is 4.85. The van der Waals surface area contributed by atoms with Crippen molar-refractivity contribution in [2.75, 3.05) is 38.5 Å². The topological polar surface area (TPSA) is 106 Å². The number of hydrogen-bond donors (Lipinski definition) is 1. The van der Waals surface area contributed by atoms with Crippen molar-refractivity contribution in [3.8, 4) is 0 Å². The molecule has 9 heteroatoms. The summed E-state index contributed by atoms with van der Waals surface area (Å²) in [5, 5.41) is 0. The lowest BCUT2D eigenvalue weighted by Gasteiger charge is -2.34. The van der Waals surface area contributed by atoms with Gasteiger partial charge in [0.05, 0.1) is 12.2 Å². The first-order valence-corrected chi connectivity index (χ1v) is 10.2. The molecule has 30 heavy (non-hydrogen) atoms. The van der Waals surface area contributed by atoms with Gasteiger partial charge in [0.2, 0.25) is 0 Å². The third-order valence-electron chi connectivity index (χ3n) is 5.35. The van der Waals surface area contributed by atoms with E-state index in [2.05, 4.69) is 9.88 Å². The van der Waals surface area contributed by atoms with Crippen molar-refractivity contribution < 1.29 is 4.79 Å². The smallest absolute Gasteiger partial charge is 0.332 e. The lowest BCUT2D eigenvalue weighted by atomic mass is 10.1. The molecule has 162 valence electrons. The molecular formula is C21H30N6O3. The van der Waals surface area contributed by atoms with Crippen LogP contribution in [0, 0.1) is 5.92 Å². The molecule has 3 rings (SSSR count). The van der Waals surface area contributed by atoms with E-state index < -0.39 is 11.2 Å². The maximum absolute atomic E-state index is 13.0. The standard InChI is InChI=1S/C21H30N6O3/c1-15(2)12-27-19(22)18(20(29)24(3)21(27)30)17(28)14-26-10-8-25(9-11-26)13-16-6-4-5-7-23-16/h4-7,15H,8-14,22H2,1-3H3. The molecule has 2 aromatic heterocycles. The Kier molecular flexibility index (Phi) is 6.84. The number of pyridine rings is 1. The normalized spacial score (nSPS) is 15.6. The molecular weight excluding hydrogens is 384 g/mol. The fraction of sp³-hybridized carbons (Fsp3) is 0.524. The van der Waals surface area contributed by atoms with Crippen LogP contribution in [0.15, 0.2) is 34.0 Å². The minimum atomic E-state index is -0.628. The van der Waals surface area contributed by atoms with Crippen molar-refractivity contribution in [1.29, 1.82) is 0 Å².